The number of carboxylic acid groups (broad SMARTS) is 1. The number of rotatable bonds is 4. The summed E-state index contributed by atoms with van der Waals surface area (Å²) in [7, 11) is 2.09. The molecule has 20 heavy (non-hydrogen) atoms. The van der Waals surface area contributed by atoms with Crippen molar-refractivity contribution in [3.05, 3.63) is 0 Å². The van der Waals surface area contributed by atoms with Gasteiger partial charge in [-0.2, -0.15) is 0 Å². The smallest absolute Gasteiger partial charge is 0.315 e. The monoisotopic (exact) mass is 283 g/mol. The Morgan fingerprint density at radius 2 is 2.10 bits per heavy atom. The molecule has 114 valence electrons. The number of likely N-dealkylation sites (tertiary alicyclic amines) is 1. The Hall–Kier alpha value is -1.30. The molecule has 0 aromatic heterocycles. The van der Waals surface area contributed by atoms with Crippen LogP contribution in [0.1, 0.15) is 32.1 Å². The molecule has 3 unspecified atom stereocenters. The van der Waals surface area contributed by atoms with E-state index in [-0.39, 0.29) is 18.0 Å². The number of aliphatic carboxylic acids is 1. The fourth-order valence-corrected chi connectivity index (χ4v) is 3.21. The maximum Gasteiger partial charge on any atom is 0.315 e. The summed E-state index contributed by atoms with van der Waals surface area (Å²) in [6.45, 7) is 2.83. The number of urea groups is 1. The van der Waals surface area contributed by atoms with Gasteiger partial charge in [0.05, 0.1) is 5.92 Å². The van der Waals surface area contributed by atoms with Crippen LogP contribution in [0.4, 0.5) is 4.79 Å². The van der Waals surface area contributed by atoms with Crippen LogP contribution >= 0.6 is 0 Å². The van der Waals surface area contributed by atoms with Crippen LogP contribution in [0.3, 0.4) is 0 Å². The SMILES string of the molecule is CN1CCC(CNC(=O)NC2CCCC(C(=O)O)C2)C1. The van der Waals surface area contributed by atoms with Crippen LogP contribution in [0.15, 0.2) is 0 Å². The molecule has 1 saturated carbocycles. The lowest BCUT2D eigenvalue weighted by Gasteiger charge is -2.27. The molecule has 1 aliphatic heterocycles. The first-order valence-electron chi connectivity index (χ1n) is 7.50. The van der Waals surface area contributed by atoms with Gasteiger partial charge in [-0.1, -0.05) is 6.42 Å². The van der Waals surface area contributed by atoms with E-state index in [1.807, 2.05) is 0 Å². The molecular formula is C14H25N3O3. The molecule has 1 aliphatic carbocycles. The van der Waals surface area contributed by atoms with Crippen molar-refractivity contribution in [3.63, 3.8) is 0 Å². The van der Waals surface area contributed by atoms with Gasteiger partial charge in [-0.15, -0.1) is 0 Å². The lowest BCUT2D eigenvalue weighted by Crippen LogP contribution is -2.46. The summed E-state index contributed by atoms with van der Waals surface area (Å²) in [5.74, 6) is -0.521. The summed E-state index contributed by atoms with van der Waals surface area (Å²) < 4.78 is 0. The second-order valence-corrected chi connectivity index (χ2v) is 6.17. The molecule has 6 nitrogen and oxygen atoms in total. The Kier molecular flexibility index (Phi) is 5.23. The highest BCUT2D eigenvalue weighted by atomic mass is 16.4. The average Bonchev–Trinajstić information content (AvgIpc) is 2.82. The third kappa shape index (κ3) is 4.37. The standard InChI is InChI=1S/C14H25N3O3/c1-17-6-5-10(9-17)8-15-14(20)16-12-4-2-3-11(7-12)13(18)19/h10-12H,2-9H2,1H3,(H,18,19)(H2,15,16,20). The van der Waals surface area contributed by atoms with E-state index in [1.165, 1.54) is 0 Å². The summed E-state index contributed by atoms with van der Waals surface area (Å²) >= 11 is 0. The largest absolute Gasteiger partial charge is 0.481 e. The number of amides is 2. The Morgan fingerprint density at radius 3 is 2.75 bits per heavy atom. The molecule has 0 radical (unpaired) electrons. The van der Waals surface area contributed by atoms with E-state index in [2.05, 4.69) is 22.6 Å². The van der Waals surface area contributed by atoms with Gasteiger partial charge in [0.15, 0.2) is 0 Å². The van der Waals surface area contributed by atoms with Gasteiger partial charge in [0, 0.05) is 19.1 Å². The first-order valence-corrected chi connectivity index (χ1v) is 7.50. The number of carbonyl (C=O) groups is 2. The summed E-state index contributed by atoms with van der Waals surface area (Å²) in [5, 5.41) is 14.9. The van der Waals surface area contributed by atoms with Crippen LogP contribution in [-0.2, 0) is 4.79 Å². The Balaban J connectivity index is 1.67. The van der Waals surface area contributed by atoms with Crippen LogP contribution < -0.4 is 10.6 Å². The highest BCUT2D eigenvalue weighted by Crippen LogP contribution is 2.24. The van der Waals surface area contributed by atoms with Crippen molar-refractivity contribution in [1.29, 1.82) is 0 Å². The molecule has 2 fully saturated rings. The van der Waals surface area contributed by atoms with Crippen molar-refractivity contribution >= 4 is 12.0 Å². The number of hydrogen-bond acceptors (Lipinski definition) is 3. The number of hydrogen-bond donors (Lipinski definition) is 3. The molecule has 0 bridgehead atoms. The van der Waals surface area contributed by atoms with E-state index in [0.29, 0.717) is 18.9 Å². The quantitative estimate of drug-likeness (QED) is 0.715. The fourth-order valence-electron chi connectivity index (χ4n) is 3.21. The molecule has 3 N–H and O–H groups in total. The van der Waals surface area contributed by atoms with Crippen molar-refractivity contribution in [2.24, 2.45) is 11.8 Å². The van der Waals surface area contributed by atoms with E-state index in [4.69, 9.17) is 5.11 Å². The number of carbonyl (C=O) groups excluding carboxylic acids is 1. The molecule has 1 heterocycles. The summed E-state index contributed by atoms with van der Waals surface area (Å²) in [5.41, 5.74) is 0. The number of nitrogens with zero attached hydrogens (tertiary/aromatic N) is 1. The van der Waals surface area contributed by atoms with Gasteiger partial charge in [0.2, 0.25) is 0 Å². The van der Waals surface area contributed by atoms with Gasteiger partial charge >= 0.3 is 12.0 Å². The lowest BCUT2D eigenvalue weighted by molar-refractivity contribution is -0.143. The molecule has 2 amide bonds. The molecule has 0 aromatic rings. The second kappa shape index (κ2) is 6.92. The molecule has 1 saturated heterocycles. The number of nitrogens with one attached hydrogen (secondary N) is 2. The first kappa shape index (κ1) is 15.1. The fraction of sp³-hybridized carbons (Fsp3) is 0.857. The van der Waals surface area contributed by atoms with E-state index in [9.17, 15) is 9.59 Å². The van der Waals surface area contributed by atoms with E-state index in [0.717, 1.165) is 38.8 Å². The van der Waals surface area contributed by atoms with Crippen LogP contribution in [-0.4, -0.2) is 54.7 Å². The highest BCUT2D eigenvalue weighted by Gasteiger charge is 2.28. The zero-order valence-corrected chi connectivity index (χ0v) is 12.1. The van der Waals surface area contributed by atoms with Crippen LogP contribution in [0.2, 0.25) is 0 Å². The van der Waals surface area contributed by atoms with Crippen LogP contribution in [0.5, 0.6) is 0 Å². The van der Waals surface area contributed by atoms with Crippen molar-refractivity contribution in [2.45, 2.75) is 38.1 Å². The summed E-state index contributed by atoms with van der Waals surface area (Å²) in [6, 6.07) is -0.160. The minimum Gasteiger partial charge on any atom is -0.481 e. The third-order valence-corrected chi connectivity index (χ3v) is 4.40. The summed E-state index contributed by atoms with van der Waals surface area (Å²) in [6.07, 6.45) is 4.15. The maximum atomic E-state index is 11.8. The Morgan fingerprint density at radius 1 is 1.30 bits per heavy atom. The van der Waals surface area contributed by atoms with Crippen molar-refractivity contribution in [3.8, 4) is 0 Å². The Bertz CT molecular complexity index is 362. The van der Waals surface area contributed by atoms with E-state index in [1.54, 1.807) is 0 Å². The van der Waals surface area contributed by atoms with Gasteiger partial charge in [-0.25, -0.2) is 4.79 Å². The predicted molar refractivity (Wildman–Crippen MR) is 75.5 cm³/mol. The van der Waals surface area contributed by atoms with Gasteiger partial charge in [-0.05, 0) is 45.2 Å². The topological polar surface area (TPSA) is 81.7 Å². The van der Waals surface area contributed by atoms with Crippen molar-refractivity contribution in [2.75, 3.05) is 26.7 Å². The van der Waals surface area contributed by atoms with Crippen molar-refractivity contribution in [1.82, 2.24) is 15.5 Å². The molecule has 0 aromatic carbocycles. The normalized spacial score (nSPS) is 30.9. The average molecular weight is 283 g/mol. The predicted octanol–water partition coefficient (Wildman–Crippen LogP) is 0.881. The van der Waals surface area contributed by atoms with Gasteiger partial charge in [0.25, 0.3) is 0 Å². The van der Waals surface area contributed by atoms with Crippen LogP contribution in [0, 0.1) is 11.8 Å². The lowest BCUT2D eigenvalue weighted by atomic mass is 9.86. The highest BCUT2D eigenvalue weighted by molar-refractivity contribution is 5.74. The van der Waals surface area contributed by atoms with Crippen LogP contribution in [0.25, 0.3) is 0 Å². The third-order valence-electron chi connectivity index (χ3n) is 4.40. The molecule has 0 spiro atoms. The molecular weight excluding hydrogens is 258 g/mol. The maximum absolute atomic E-state index is 11.8. The van der Waals surface area contributed by atoms with Crippen molar-refractivity contribution < 1.29 is 14.7 Å². The second-order valence-electron chi connectivity index (χ2n) is 6.17. The van der Waals surface area contributed by atoms with Gasteiger partial charge < -0.3 is 20.6 Å². The minimum atomic E-state index is -0.745. The molecule has 3 atom stereocenters. The van der Waals surface area contributed by atoms with Gasteiger partial charge in [0.1, 0.15) is 0 Å². The number of carboxylic acids is 1. The van der Waals surface area contributed by atoms with E-state index < -0.39 is 5.97 Å². The van der Waals surface area contributed by atoms with E-state index >= 15 is 0 Å². The zero-order valence-electron chi connectivity index (χ0n) is 12.1. The molecule has 6 heteroatoms. The zero-order chi connectivity index (χ0) is 14.5. The Labute approximate surface area is 119 Å². The summed E-state index contributed by atoms with van der Waals surface area (Å²) in [4.78, 5) is 25.1. The molecule has 2 aliphatic rings. The minimum absolute atomic E-state index is 0.00361. The first-order chi connectivity index (χ1) is 9.54. The van der Waals surface area contributed by atoms with Gasteiger partial charge in [-0.3, -0.25) is 4.79 Å². The molecule has 2 rings (SSSR count).